The van der Waals surface area contributed by atoms with E-state index < -0.39 is 10.0 Å². The zero-order valence-corrected chi connectivity index (χ0v) is 19.2. The van der Waals surface area contributed by atoms with E-state index in [2.05, 4.69) is 15.1 Å². The Morgan fingerprint density at radius 1 is 0.969 bits per heavy atom. The molecule has 1 saturated heterocycles. The summed E-state index contributed by atoms with van der Waals surface area (Å²) < 4.78 is 38.9. The van der Waals surface area contributed by atoms with Crippen molar-refractivity contribution in [2.45, 2.75) is 31.3 Å². The highest BCUT2D eigenvalue weighted by atomic mass is 32.2. The third-order valence-electron chi connectivity index (χ3n) is 5.29. The first-order valence-electron chi connectivity index (χ1n) is 10.8. The van der Waals surface area contributed by atoms with Crippen LogP contribution in [0.25, 0.3) is 11.5 Å². The summed E-state index contributed by atoms with van der Waals surface area (Å²) in [4.78, 5) is 2.51. The zero-order valence-electron chi connectivity index (χ0n) is 18.3. The molecule has 2 aromatic carbocycles. The number of ether oxygens (including phenoxy) is 1. The van der Waals surface area contributed by atoms with Crippen LogP contribution < -0.4 is 4.74 Å². The molecule has 8 nitrogen and oxygen atoms in total. The number of rotatable bonds is 8. The molecule has 1 aliphatic rings. The molecule has 2 heterocycles. The largest absolute Gasteiger partial charge is 0.491 e. The van der Waals surface area contributed by atoms with Crippen LogP contribution in [0.4, 0.5) is 0 Å². The Balaban J connectivity index is 1.29. The Morgan fingerprint density at radius 2 is 1.66 bits per heavy atom. The quantitative estimate of drug-likeness (QED) is 0.515. The van der Waals surface area contributed by atoms with Crippen molar-refractivity contribution >= 4 is 10.0 Å². The molecule has 1 aromatic heterocycles. The molecule has 0 N–H and O–H groups in total. The van der Waals surface area contributed by atoms with E-state index in [4.69, 9.17) is 9.15 Å². The van der Waals surface area contributed by atoms with E-state index in [0.717, 1.165) is 12.1 Å². The molecule has 0 unspecified atom stereocenters. The molecule has 170 valence electrons. The lowest BCUT2D eigenvalue weighted by atomic mass is 10.2. The standard InChI is InChI=1S/C23H28N4O4S/c1-18(2)30-20-8-10-21(11-9-20)32(28,29)27-16-14-26(15-17-27)13-12-22-24-25-23(31-22)19-6-4-3-5-7-19/h3-11,18H,12-17H2,1-2H3. The van der Waals surface area contributed by atoms with Crippen molar-refractivity contribution in [3.63, 3.8) is 0 Å². The molecular formula is C23H28N4O4S. The lowest BCUT2D eigenvalue weighted by Crippen LogP contribution is -2.49. The second-order valence-corrected chi connectivity index (χ2v) is 9.94. The van der Waals surface area contributed by atoms with Crippen LogP contribution in [0, 0.1) is 0 Å². The Bertz CT molecular complexity index is 1110. The number of hydrogen-bond acceptors (Lipinski definition) is 7. The number of aromatic nitrogens is 2. The Morgan fingerprint density at radius 3 is 2.31 bits per heavy atom. The van der Waals surface area contributed by atoms with Gasteiger partial charge >= 0.3 is 0 Å². The minimum Gasteiger partial charge on any atom is -0.491 e. The molecule has 1 fully saturated rings. The maximum atomic E-state index is 13.0. The predicted molar refractivity (Wildman–Crippen MR) is 121 cm³/mol. The van der Waals surface area contributed by atoms with Gasteiger partial charge in [-0.3, -0.25) is 0 Å². The van der Waals surface area contributed by atoms with Crippen molar-refractivity contribution in [2.24, 2.45) is 0 Å². The lowest BCUT2D eigenvalue weighted by Gasteiger charge is -2.33. The zero-order chi connectivity index (χ0) is 22.6. The first-order chi connectivity index (χ1) is 15.4. The van der Waals surface area contributed by atoms with Crippen LogP contribution >= 0.6 is 0 Å². The molecular weight excluding hydrogens is 428 g/mol. The van der Waals surface area contributed by atoms with Gasteiger partial charge in [0.1, 0.15) is 5.75 Å². The van der Waals surface area contributed by atoms with Crippen LogP contribution in [0.15, 0.2) is 63.9 Å². The van der Waals surface area contributed by atoms with Gasteiger partial charge in [-0.1, -0.05) is 18.2 Å². The van der Waals surface area contributed by atoms with E-state index in [1.54, 1.807) is 28.6 Å². The summed E-state index contributed by atoms with van der Waals surface area (Å²) in [5.41, 5.74) is 0.897. The first kappa shape index (κ1) is 22.4. The average molecular weight is 457 g/mol. The average Bonchev–Trinajstić information content (AvgIpc) is 3.28. The van der Waals surface area contributed by atoms with Crippen LogP contribution in [0.2, 0.25) is 0 Å². The fraction of sp³-hybridized carbons (Fsp3) is 0.391. The van der Waals surface area contributed by atoms with Gasteiger partial charge in [-0.25, -0.2) is 8.42 Å². The van der Waals surface area contributed by atoms with E-state index in [0.29, 0.717) is 55.0 Å². The molecule has 3 aromatic rings. The van der Waals surface area contributed by atoms with E-state index in [1.807, 2.05) is 44.2 Å². The molecule has 4 rings (SSSR count). The molecule has 0 radical (unpaired) electrons. The van der Waals surface area contributed by atoms with Crippen molar-refractivity contribution in [1.29, 1.82) is 0 Å². The molecule has 0 atom stereocenters. The minimum absolute atomic E-state index is 0.0441. The highest BCUT2D eigenvalue weighted by Crippen LogP contribution is 2.22. The summed E-state index contributed by atoms with van der Waals surface area (Å²) in [6.07, 6.45) is 0.673. The van der Waals surface area contributed by atoms with E-state index in [-0.39, 0.29) is 6.10 Å². The summed E-state index contributed by atoms with van der Waals surface area (Å²) in [6.45, 7) is 6.83. The SMILES string of the molecule is CC(C)Oc1ccc(S(=O)(=O)N2CCN(CCc3nnc(-c4ccccc4)o3)CC2)cc1. The number of nitrogens with zero attached hydrogens (tertiary/aromatic N) is 4. The maximum Gasteiger partial charge on any atom is 0.247 e. The smallest absolute Gasteiger partial charge is 0.247 e. The maximum absolute atomic E-state index is 13.0. The van der Waals surface area contributed by atoms with Crippen LogP contribution in [0.1, 0.15) is 19.7 Å². The molecule has 9 heteroatoms. The Hall–Kier alpha value is -2.75. The van der Waals surface area contributed by atoms with Gasteiger partial charge in [-0.15, -0.1) is 10.2 Å². The van der Waals surface area contributed by atoms with Crippen molar-refractivity contribution < 1.29 is 17.6 Å². The third kappa shape index (κ3) is 5.35. The van der Waals surface area contributed by atoms with Crippen molar-refractivity contribution in [1.82, 2.24) is 19.4 Å². The molecule has 0 spiro atoms. The van der Waals surface area contributed by atoms with Crippen LogP contribution in [-0.4, -0.2) is 66.6 Å². The van der Waals surface area contributed by atoms with Gasteiger partial charge in [0.05, 0.1) is 11.0 Å². The van der Waals surface area contributed by atoms with Crippen LogP contribution in [0.5, 0.6) is 5.75 Å². The highest BCUT2D eigenvalue weighted by Gasteiger charge is 2.28. The monoisotopic (exact) mass is 456 g/mol. The third-order valence-corrected chi connectivity index (χ3v) is 7.21. The molecule has 0 amide bonds. The summed E-state index contributed by atoms with van der Waals surface area (Å²) in [6, 6.07) is 16.3. The summed E-state index contributed by atoms with van der Waals surface area (Å²) >= 11 is 0. The Labute approximate surface area is 188 Å². The van der Waals surface area contributed by atoms with E-state index in [1.165, 1.54) is 0 Å². The number of benzene rings is 2. The number of hydrogen-bond donors (Lipinski definition) is 0. The van der Waals surface area contributed by atoms with E-state index >= 15 is 0 Å². The molecule has 1 aliphatic heterocycles. The van der Waals surface area contributed by atoms with Gasteiger partial charge in [0.25, 0.3) is 0 Å². The second kappa shape index (κ2) is 9.81. The molecule has 0 saturated carbocycles. The van der Waals surface area contributed by atoms with Crippen molar-refractivity contribution in [3.05, 3.63) is 60.5 Å². The number of sulfonamides is 1. The second-order valence-electron chi connectivity index (χ2n) is 8.00. The fourth-order valence-electron chi connectivity index (χ4n) is 3.61. The summed E-state index contributed by atoms with van der Waals surface area (Å²) in [7, 11) is -3.51. The van der Waals surface area contributed by atoms with Gasteiger partial charge in [0.2, 0.25) is 21.8 Å². The van der Waals surface area contributed by atoms with Crippen LogP contribution in [0.3, 0.4) is 0 Å². The van der Waals surface area contributed by atoms with Gasteiger partial charge in [0, 0.05) is 44.7 Å². The van der Waals surface area contributed by atoms with Crippen LogP contribution in [-0.2, 0) is 16.4 Å². The van der Waals surface area contributed by atoms with E-state index in [9.17, 15) is 8.42 Å². The van der Waals surface area contributed by atoms with Gasteiger partial charge in [-0.2, -0.15) is 4.31 Å². The summed E-state index contributed by atoms with van der Waals surface area (Å²) in [5, 5.41) is 8.25. The summed E-state index contributed by atoms with van der Waals surface area (Å²) in [5.74, 6) is 1.77. The van der Waals surface area contributed by atoms with Gasteiger partial charge < -0.3 is 14.1 Å². The minimum atomic E-state index is -3.51. The fourth-order valence-corrected chi connectivity index (χ4v) is 5.03. The van der Waals surface area contributed by atoms with Gasteiger partial charge in [-0.05, 0) is 50.2 Å². The number of piperazine rings is 1. The first-order valence-corrected chi connectivity index (χ1v) is 12.2. The van der Waals surface area contributed by atoms with Gasteiger partial charge in [0.15, 0.2) is 0 Å². The normalized spacial score (nSPS) is 15.8. The van der Waals surface area contributed by atoms with Crippen molar-refractivity contribution in [3.8, 4) is 17.2 Å². The molecule has 32 heavy (non-hydrogen) atoms. The highest BCUT2D eigenvalue weighted by molar-refractivity contribution is 7.89. The van der Waals surface area contributed by atoms with Crippen molar-refractivity contribution in [2.75, 3.05) is 32.7 Å². The lowest BCUT2D eigenvalue weighted by molar-refractivity contribution is 0.187. The predicted octanol–water partition coefficient (Wildman–Crippen LogP) is 3.07. The topological polar surface area (TPSA) is 88.8 Å². The Kier molecular flexibility index (Phi) is 6.88. The molecule has 0 bridgehead atoms. The molecule has 0 aliphatic carbocycles.